The molecule has 2 heterocycles. The molecule has 0 saturated heterocycles. The number of hydrogen-bond acceptors (Lipinski definition) is 3. The molecular weight excluding hydrogens is 264 g/mol. The molecular formula is C17H18N2O2. The summed E-state index contributed by atoms with van der Waals surface area (Å²) >= 11 is 0. The number of ether oxygens (including phenoxy) is 1. The maximum absolute atomic E-state index is 12.1. The summed E-state index contributed by atoms with van der Waals surface area (Å²) in [6.45, 7) is 0.643. The van der Waals surface area contributed by atoms with E-state index in [1.165, 1.54) is 0 Å². The molecule has 0 unspecified atom stereocenters. The highest BCUT2D eigenvalue weighted by Gasteiger charge is 2.22. The largest absolute Gasteiger partial charge is 0.493 e. The molecule has 4 heteroatoms. The number of carbonyl (C=O) groups excluding carboxylic acids is 1. The quantitative estimate of drug-likeness (QED) is 0.938. The number of pyridine rings is 1. The van der Waals surface area contributed by atoms with Crippen molar-refractivity contribution in [1.29, 1.82) is 0 Å². The molecule has 4 nitrogen and oxygen atoms in total. The van der Waals surface area contributed by atoms with E-state index < -0.39 is 0 Å². The lowest BCUT2D eigenvalue weighted by molar-refractivity contribution is -0.122. The van der Waals surface area contributed by atoms with E-state index in [2.05, 4.69) is 10.3 Å². The SMILES string of the molecule is O=C(CCc1cccnc1)N[C@@H]1CCOc2ccccc21. The van der Waals surface area contributed by atoms with E-state index in [9.17, 15) is 4.79 Å². The average molecular weight is 282 g/mol. The molecule has 1 amide bonds. The third-order valence-corrected chi connectivity index (χ3v) is 3.66. The predicted octanol–water partition coefficient (Wildman–Crippen LogP) is 2.65. The molecule has 1 atom stereocenters. The highest BCUT2D eigenvalue weighted by atomic mass is 16.5. The standard InChI is InChI=1S/C17H18N2O2/c20-17(8-7-13-4-3-10-18-12-13)19-15-9-11-21-16-6-2-1-5-14(15)16/h1-6,10,12,15H,7-9,11H2,(H,19,20)/t15-/m1/s1. The second-order valence-electron chi connectivity index (χ2n) is 5.16. The van der Waals surface area contributed by atoms with Crippen LogP contribution in [0.25, 0.3) is 0 Å². The van der Waals surface area contributed by atoms with Crippen molar-refractivity contribution in [2.45, 2.75) is 25.3 Å². The molecule has 108 valence electrons. The van der Waals surface area contributed by atoms with Gasteiger partial charge in [-0.2, -0.15) is 0 Å². The van der Waals surface area contributed by atoms with E-state index in [4.69, 9.17) is 4.74 Å². The van der Waals surface area contributed by atoms with Crippen molar-refractivity contribution < 1.29 is 9.53 Å². The number of para-hydroxylation sites is 1. The van der Waals surface area contributed by atoms with Crippen molar-refractivity contribution in [2.75, 3.05) is 6.61 Å². The van der Waals surface area contributed by atoms with E-state index in [-0.39, 0.29) is 11.9 Å². The van der Waals surface area contributed by atoms with E-state index in [0.717, 1.165) is 23.3 Å². The zero-order chi connectivity index (χ0) is 14.5. The first-order valence-electron chi connectivity index (χ1n) is 7.23. The molecule has 1 N–H and O–H groups in total. The number of aromatic nitrogens is 1. The maximum atomic E-state index is 12.1. The third kappa shape index (κ3) is 3.40. The monoisotopic (exact) mass is 282 g/mol. The van der Waals surface area contributed by atoms with Gasteiger partial charge in [-0.3, -0.25) is 9.78 Å². The minimum atomic E-state index is 0.0522. The Labute approximate surface area is 124 Å². The minimum absolute atomic E-state index is 0.0522. The number of fused-ring (bicyclic) bond motifs is 1. The van der Waals surface area contributed by atoms with Crippen LogP contribution in [0, 0.1) is 0 Å². The van der Waals surface area contributed by atoms with Gasteiger partial charge in [0.2, 0.25) is 5.91 Å². The first-order chi connectivity index (χ1) is 10.3. The number of nitrogens with one attached hydrogen (secondary N) is 1. The molecule has 1 aliphatic rings. The number of hydrogen-bond donors (Lipinski definition) is 1. The lowest BCUT2D eigenvalue weighted by Crippen LogP contribution is -2.32. The van der Waals surface area contributed by atoms with Gasteiger partial charge in [0.25, 0.3) is 0 Å². The fourth-order valence-corrected chi connectivity index (χ4v) is 2.56. The first kappa shape index (κ1) is 13.6. The number of amides is 1. The number of aryl methyl sites for hydroxylation is 1. The maximum Gasteiger partial charge on any atom is 0.220 e. The van der Waals surface area contributed by atoms with Crippen molar-refractivity contribution in [1.82, 2.24) is 10.3 Å². The summed E-state index contributed by atoms with van der Waals surface area (Å²) in [6.07, 6.45) is 5.55. The fraction of sp³-hybridized carbons (Fsp3) is 0.294. The van der Waals surface area contributed by atoms with Crippen LogP contribution in [-0.4, -0.2) is 17.5 Å². The molecule has 1 aromatic carbocycles. The van der Waals surface area contributed by atoms with Crippen molar-refractivity contribution in [3.05, 3.63) is 59.9 Å². The van der Waals surface area contributed by atoms with Gasteiger partial charge in [-0.15, -0.1) is 0 Å². The van der Waals surface area contributed by atoms with Gasteiger partial charge >= 0.3 is 0 Å². The van der Waals surface area contributed by atoms with Crippen LogP contribution in [0.15, 0.2) is 48.8 Å². The lowest BCUT2D eigenvalue weighted by atomic mass is 10.0. The summed E-state index contributed by atoms with van der Waals surface area (Å²) in [5.74, 6) is 0.946. The number of nitrogens with zero attached hydrogens (tertiary/aromatic N) is 1. The molecule has 2 aromatic rings. The van der Waals surface area contributed by atoms with Crippen LogP contribution < -0.4 is 10.1 Å². The van der Waals surface area contributed by atoms with E-state index in [1.807, 2.05) is 36.4 Å². The molecule has 1 aromatic heterocycles. The smallest absolute Gasteiger partial charge is 0.220 e. The first-order valence-corrected chi connectivity index (χ1v) is 7.23. The zero-order valence-corrected chi connectivity index (χ0v) is 11.8. The van der Waals surface area contributed by atoms with Crippen LogP contribution in [0.5, 0.6) is 5.75 Å². The Kier molecular flexibility index (Phi) is 4.15. The van der Waals surface area contributed by atoms with Crippen molar-refractivity contribution in [3.63, 3.8) is 0 Å². The second-order valence-corrected chi connectivity index (χ2v) is 5.16. The van der Waals surface area contributed by atoms with Crippen LogP contribution in [0.2, 0.25) is 0 Å². The summed E-state index contributed by atoms with van der Waals surface area (Å²) in [7, 11) is 0. The summed E-state index contributed by atoms with van der Waals surface area (Å²) in [5, 5.41) is 3.11. The molecule has 3 rings (SSSR count). The Balaban J connectivity index is 1.58. The molecule has 0 spiro atoms. The molecule has 1 aliphatic heterocycles. The van der Waals surface area contributed by atoms with Crippen LogP contribution in [0.4, 0.5) is 0 Å². The Hall–Kier alpha value is -2.36. The van der Waals surface area contributed by atoms with Crippen LogP contribution in [0.1, 0.15) is 30.0 Å². The highest BCUT2D eigenvalue weighted by Crippen LogP contribution is 2.31. The average Bonchev–Trinajstić information content (AvgIpc) is 2.54. The Morgan fingerprint density at radius 1 is 1.29 bits per heavy atom. The lowest BCUT2D eigenvalue weighted by Gasteiger charge is -2.26. The zero-order valence-electron chi connectivity index (χ0n) is 11.8. The van der Waals surface area contributed by atoms with Crippen LogP contribution in [0.3, 0.4) is 0 Å². The van der Waals surface area contributed by atoms with Crippen molar-refractivity contribution >= 4 is 5.91 Å². The van der Waals surface area contributed by atoms with Crippen LogP contribution >= 0.6 is 0 Å². The number of benzene rings is 1. The topological polar surface area (TPSA) is 51.2 Å². The molecule has 0 radical (unpaired) electrons. The Bertz CT molecular complexity index is 613. The second kappa shape index (κ2) is 6.39. The molecule has 0 aliphatic carbocycles. The number of rotatable bonds is 4. The van der Waals surface area contributed by atoms with Gasteiger partial charge < -0.3 is 10.1 Å². The van der Waals surface area contributed by atoms with Gasteiger partial charge in [0, 0.05) is 30.8 Å². The molecule has 21 heavy (non-hydrogen) atoms. The van der Waals surface area contributed by atoms with Crippen molar-refractivity contribution in [3.8, 4) is 5.75 Å². The summed E-state index contributed by atoms with van der Waals surface area (Å²) in [4.78, 5) is 16.2. The Morgan fingerprint density at radius 3 is 3.05 bits per heavy atom. The van der Waals surface area contributed by atoms with Gasteiger partial charge in [-0.25, -0.2) is 0 Å². The van der Waals surface area contributed by atoms with Gasteiger partial charge in [-0.05, 0) is 24.1 Å². The van der Waals surface area contributed by atoms with E-state index in [1.54, 1.807) is 12.4 Å². The summed E-state index contributed by atoms with van der Waals surface area (Å²) in [5.41, 5.74) is 2.15. The normalized spacial score (nSPS) is 16.7. The van der Waals surface area contributed by atoms with Crippen LogP contribution in [-0.2, 0) is 11.2 Å². The summed E-state index contributed by atoms with van der Waals surface area (Å²) in [6, 6.07) is 11.8. The highest BCUT2D eigenvalue weighted by molar-refractivity contribution is 5.76. The number of carbonyl (C=O) groups is 1. The van der Waals surface area contributed by atoms with Gasteiger partial charge in [0.15, 0.2) is 0 Å². The molecule has 0 bridgehead atoms. The van der Waals surface area contributed by atoms with Gasteiger partial charge in [-0.1, -0.05) is 24.3 Å². The summed E-state index contributed by atoms with van der Waals surface area (Å²) < 4.78 is 5.60. The molecule has 0 fully saturated rings. The van der Waals surface area contributed by atoms with Crippen molar-refractivity contribution in [2.24, 2.45) is 0 Å². The third-order valence-electron chi connectivity index (χ3n) is 3.66. The van der Waals surface area contributed by atoms with Gasteiger partial charge in [0.1, 0.15) is 5.75 Å². The van der Waals surface area contributed by atoms with Gasteiger partial charge in [0.05, 0.1) is 12.6 Å². The van der Waals surface area contributed by atoms with E-state index >= 15 is 0 Å². The molecule has 0 saturated carbocycles. The predicted molar refractivity (Wildman–Crippen MR) is 80.0 cm³/mol. The van der Waals surface area contributed by atoms with E-state index in [0.29, 0.717) is 19.4 Å². The fourth-order valence-electron chi connectivity index (χ4n) is 2.56. The Morgan fingerprint density at radius 2 is 2.19 bits per heavy atom. The minimum Gasteiger partial charge on any atom is -0.493 e.